The Hall–Kier alpha value is -1.12. The molecule has 0 unspecified atom stereocenters. The fraction of sp³-hybridized carbons (Fsp3) is 0.692. The predicted molar refractivity (Wildman–Crippen MR) is 66.8 cm³/mol. The number of nitrogens with one attached hydrogen (secondary N) is 1. The van der Waals surface area contributed by atoms with E-state index in [1.165, 1.54) is 30.5 Å². The molecule has 0 radical (unpaired) electrons. The first kappa shape index (κ1) is 11.4. The number of hydrogen-bond donors (Lipinski definition) is 1. The van der Waals surface area contributed by atoms with E-state index in [1.54, 1.807) is 0 Å². The lowest BCUT2D eigenvalue weighted by molar-refractivity contribution is 0.745. The summed E-state index contributed by atoms with van der Waals surface area (Å²) >= 11 is 0. The first-order valence-electron chi connectivity index (χ1n) is 6.47. The molecule has 2 rings (SSSR count). The van der Waals surface area contributed by atoms with Gasteiger partial charge in [-0.15, -0.1) is 0 Å². The molecule has 0 aliphatic heterocycles. The van der Waals surface area contributed by atoms with Gasteiger partial charge in [0.05, 0.1) is 0 Å². The second kappa shape index (κ2) is 5.28. The largest absolute Gasteiger partial charge is 0.370 e. The quantitative estimate of drug-likeness (QED) is 0.827. The van der Waals surface area contributed by atoms with E-state index in [9.17, 15) is 0 Å². The summed E-state index contributed by atoms with van der Waals surface area (Å²) < 4.78 is 0. The van der Waals surface area contributed by atoms with Gasteiger partial charge in [0.25, 0.3) is 0 Å². The fourth-order valence-corrected chi connectivity index (χ4v) is 2.24. The summed E-state index contributed by atoms with van der Waals surface area (Å²) in [5, 5.41) is 3.37. The van der Waals surface area contributed by atoms with E-state index in [0.29, 0.717) is 0 Å². The lowest BCUT2D eigenvalue weighted by Gasteiger charge is -2.10. The highest BCUT2D eigenvalue weighted by Crippen LogP contribution is 2.26. The standard InChI is InChI=1S/C13H21N3/c1-3-5-9-12-15-11-8-6-7-10(11)13(16-12)14-4-2/h3-9H2,1-2H3,(H,14,15,16). The molecule has 88 valence electrons. The van der Waals surface area contributed by atoms with Crippen molar-refractivity contribution in [1.82, 2.24) is 9.97 Å². The minimum atomic E-state index is 0.941. The first-order valence-corrected chi connectivity index (χ1v) is 6.47. The van der Waals surface area contributed by atoms with Gasteiger partial charge in [-0.1, -0.05) is 13.3 Å². The molecular weight excluding hydrogens is 198 g/mol. The Balaban J connectivity index is 2.24. The maximum absolute atomic E-state index is 4.68. The average molecular weight is 219 g/mol. The van der Waals surface area contributed by atoms with Crippen molar-refractivity contribution in [2.45, 2.75) is 52.4 Å². The van der Waals surface area contributed by atoms with Crippen LogP contribution < -0.4 is 5.32 Å². The lowest BCUT2D eigenvalue weighted by Crippen LogP contribution is -2.08. The van der Waals surface area contributed by atoms with Gasteiger partial charge in [-0.25, -0.2) is 9.97 Å². The van der Waals surface area contributed by atoms with Gasteiger partial charge in [0, 0.05) is 24.2 Å². The summed E-state index contributed by atoms with van der Waals surface area (Å²) in [5.41, 5.74) is 2.65. The monoisotopic (exact) mass is 219 g/mol. The molecule has 3 heteroatoms. The SMILES string of the molecule is CCCCc1nc2c(c(NCC)n1)CCC2. The van der Waals surface area contributed by atoms with Crippen LogP contribution in [0.2, 0.25) is 0 Å². The van der Waals surface area contributed by atoms with Crippen molar-refractivity contribution >= 4 is 5.82 Å². The predicted octanol–water partition coefficient (Wildman–Crippen LogP) is 2.74. The fourth-order valence-electron chi connectivity index (χ4n) is 2.24. The molecule has 0 fully saturated rings. The van der Waals surface area contributed by atoms with Crippen LogP contribution in [-0.2, 0) is 19.3 Å². The van der Waals surface area contributed by atoms with Crippen molar-refractivity contribution in [3.63, 3.8) is 0 Å². The third kappa shape index (κ3) is 2.34. The molecule has 0 saturated heterocycles. The highest BCUT2D eigenvalue weighted by atomic mass is 15.0. The van der Waals surface area contributed by atoms with Crippen LogP contribution in [-0.4, -0.2) is 16.5 Å². The van der Waals surface area contributed by atoms with Crippen LogP contribution in [0.5, 0.6) is 0 Å². The molecule has 1 aromatic heterocycles. The summed E-state index contributed by atoms with van der Waals surface area (Å²) in [5.74, 6) is 2.12. The Morgan fingerprint density at radius 1 is 1.19 bits per heavy atom. The molecule has 16 heavy (non-hydrogen) atoms. The van der Waals surface area contributed by atoms with E-state index in [4.69, 9.17) is 0 Å². The number of aryl methyl sites for hydroxylation is 2. The van der Waals surface area contributed by atoms with Crippen LogP contribution >= 0.6 is 0 Å². The van der Waals surface area contributed by atoms with Crippen molar-refractivity contribution in [2.75, 3.05) is 11.9 Å². The average Bonchev–Trinajstić information content (AvgIpc) is 2.75. The zero-order valence-corrected chi connectivity index (χ0v) is 10.3. The van der Waals surface area contributed by atoms with Crippen LogP contribution in [0.15, 0.2) is 0 Å². The Morgan fingerprint density at radius 3 is 2.81 bits per heavy atom. The number of unbranched alkanes of at least 4 members (excludes halogenated alkanes) is 1. The van der Waals surface area contributed by atoms with E-state index < -0.39 is 0 Å². The molecule has 0 spiro atoms. The molecule has 3 nitrogen and oxygen atoms in total. The third-order valence-electron chi connectivity index (χ3n) is 3.08. The van der Waals surface area contributed by atoms with Crippen molar-refractivity contribution in [1.29, 1.82) is 0 Å². The number of fused-ring (bicyclic) bond motifs is 1. The highest BCUT2D eigenvalue weighted by Gasteiger charge is 2.18. The van der Waals surface area contributed by atoms with Crippen molar-refractivity contribution in [3.8, 4) is 0 Å². The van der Waals surface area contributed by atoms with Gasteiger partial charge in [0.2, 0.25) is 0 Å². The van der Waals surface area contributed by atoms with Crippen molar-refractivity contribution < 1.29 is 0 Å². The number of aromatic nitrogens is 2. The Bertz CT molecular complexity index is 360. The van der Waals surface area contributed by atoms with Gasteiger partial charge in [-0.05, 0) is 32.6 Å². The van der Waals surface area contributed by atoms with Crippen LogP contribution in [0.25, 0.3) is 0 Å². The van der Waals surface area contributed by atoms with Gasteiger partial charge in [-0.3, -0.25) is 0 Å². The molecular formula is C13H21N3. The smallest absolute Gasteiger partial charge is 0.133 e. The Labute approximate surface area is 97.7 Å². The molecule has 1 heterocycles. The van der Waals surface area contributed by atoms with Crippen LogP contribution in [0.1, 0.15) is 50.2 Å². The number of nitrogens with zero attached hydrogens (tertiary/aromatic N) is 2. The molecule has 0 atom stereocenters. The molecule has 1 N–H and O–H groups in total. The minimum absolute atomic E-state index is 0.941. The summed E-state index contributed by atoms with van der Waals surface area (Å²) in [6.45, 7) is 5.27. The molecule has 1 aliphatic rings. The maximum Gasteiger partial charge on any atom is 0.133 e. The number of hydrogen-bond acceptors (Lipinski definition) is 3. The van der Waals surface area contributed by atoms with E-state index in [1.807, 2.05) is 0 Å². The van der Waals surface area contributed by atoms with E-state index in [2.05, 4.69) is 29.1 Å². The van der Waals surface area contributed by atoms with Crippen LogP contribution in [0, 0.1) is 0 Å². The Kier molecular flexibility index (Phi) is 3.75. The topological polar surface area (TPSA) is 37.8 Å². The van der Waals surface area contributed by atoms with Gasteiger partial charge < -0.3 is 5.32 Å². The van der Waals surface area contributed by atoms with Gasteiger partial charge in [-0.2, -0.15) is 0 Å². The lowest BCUT2D eigenvalue weighted by atomic mass is 10.2. The van der Waals surface area contributed by atoms with E-state index in [0.717, 1.165) is 37.4 Å². The van der Waals surface area contributed by atoms with Crippen molar-refractivity contribution in [3.05, 3.63) is 17.1 Å². The normalized spacial score (nSPS) is 13.9. The van der Waals surface area contributed by atoms with Crippen molar-refractivity contribution in [2.24, 2.45) is 0 Å². The van der Waals surface area contributed by atoms with Crippen LogP contribution in [0.4, 0.5) is 5.82 Å². The minimum Gasteiger partial charge on any atom is -0.370 e. The third-order valence-corrected chi connectivity index (χ3v) is 3.08. The summed E-state index contributed by atoms with van der Waals surface area (Å²) in [7, 11) is 0. The molecule has 0 bridgehead atoms. The Morgan fingerprint density at radius 2 is 2.06 bits per heavy atom. The highest BCUT2D eigenvalue weighted by molar-refractivity contribution is 5.48. The molecule has 0 saturated carbocycles. The molecule has 0 amide bonds. The summed E-state index contributed by atoms with van der Waals surface area (Å²) in [4.78, 5) is 9.33. The number of rotatable bonds is 5. The van der Waals surface area contributed by atoms with Gasteiger partial charge in [0.1, 0.15) is 11.6 Å². The van der Waals surface area contributed by atoms with E-state index in [-0.39, 0.29) is 0 Å². The summed E-state index contributed by atoms with van der Waals surface area (Å²) in [6, 6.07) is 0. The second-order valence-electron chi connectivity index (χ2n) is 4.40. The molecule has 0 aromatic carbocycles. The maximum atomic E-state index is 4.68. The number of anilines is 1. The zero-order valence-electron chi connectivity index (χ0n) is 10.3. The van der Waals surface area contributed by atoms with Gasteiger partial charge in [0.15, 0.2) is 0 Å². The van der Waals surface area contributed by atoms with Gasteiger partial charge >= 0.3 is 0 Å². The molecule has 1 aromatic rings. The first-order chi connectivity index (χ1) is 7.85. The second-order valence-corrected chi connectivity index (χ2v) is 4.40. The zero-order chi connectivity index (χ0) is 11.4. The summed E-state index contributed by atoms with van der Waals surface area (Å²) in [6.07, 6.45) is 6.92. The van der Waals surface area contributed by atoms with E-state index >= 15 is 0 Å². The van der Waals surface area contributed by atoms with Crippen LogP contribution in [0.3, 0.4) is 0 Å². The molecule has 1 aliphatic carbocycles.